The molecule has 0 saturated carbocycles. The maximum absolute atomic E-state index is 12.2. The Labute approximate surface area is 147 Å². The van der Waals surface area contributed by atoms with Gasteiger partial charge in [-0.3, -0.25) is 9.78 Å². The molecular formula is C17H21N3O4S. The molecule has 0 aliphatic heterocycles. The highest BCUT2D eigenvalue weighted by atomic mass is 32.2. The Morgan fingerprint density at radius 1 is 1.20 bits per heavy atom. The van der Waals surface area contributed by atoms with Gasteiger partial charge in [-0.1, -0.05) is 6.07 Å². The number of carbonyl (C=O) groups is 1. The van der Waals surface area contributed by atoms with Crippen LogP contribution in [0.5, 0.6) is 5.75 Å². The van der Waals surface area contributed by atoms with Crippen LogP contribution in [-0.4, -0.2) is 43.0 Å². The average Bonchev–Trinajstić information content (AvgIpc) is 2.56. The molecule has 7 nitrogen and oxygen atoms in total. The second-order valence-electron chi connectivity index (χ2n) is 5.36. The third-order valence-corrected chi connectivity index (χ3v) is 4.50. The van der Waals surface area contributed by atoms with Gasteiger partial charge in [0.25, 0.3) is 0 Å². The molecule has 0 saturated heterocycles. The molecule has 2 rings (SSSR count). The smallest absolute Gasteiger partial charge is 0.239 e. The molecule has 0 radical (unpaired) electrons. The van der Waals surface area contributed by atoms with E-state index in [0.29, 0.717) is 23.7 Å². The molecular weight excluding hydrogens is 342 g/mol. The maximum atomic E-state index is 12.2. The van der Waals surface area contributed by atoms with E-state index in [1.807, 2.05) is 6.92 Å². The molecule has 8 heteroatoms. The SMILES string of the molecule is CCOc1ccc(NC(=O)CN(Cc2ccccn2)S(C)(=O)=O)cc1. The second kappa shape index (κ2) is 8.59. The zero-order chi connectivity index (χ0) is 18.3. The summed E-state index contributed by atoms with van der Waals surface area (Å²) in [5.74, 6) is 0.277. The summed E-state index contributed by atoms with van der Waals surface area (Å²) < 4.78 is 30.3. The summed E-state index contributed by atoms with van der Waals surface area (Å²) in [6, 6.07) is 12.1. The van der Waals surface area contributed by atoms with Gasteiger partial charge < -0.3 is 10.1 Å². The van der Waals surface area contributed by atoms with E-state index < -0.39 is 15.9 Å². The molecule has 0 aliphatic carbocycles. The number of rotatable bonds is 8. The van der Waals surface area contributed by atoms with Crippen LogP contribution in [0.4, 0.5) is 5.69 Å². The van der Waals surface area contributed by atoms with E-state index in [2.05, 4.69) is 10.3 Å². The Hall–Kier alpha value is -2.45. The van der Waals surface area contributed by atoms with Crippen molar-refractivity contribution in [3.05, 3.63) is 54.4 Å². The van der Waals surface area contributed by atoms with Crippen molar-refractivity contribution in [1.82, 2.24) is 9.29 Å². The number of hydrogen-bond acceptors (Lipinski definition) is 5. The molecule has 0 aliphatic rings. The molecule has 1 aromatic carbocycles. The van der Waals surface area contributed by atoms with Gasteiger partial charge in [-0.15, -0.1) is 0 Å². The predicted molar refractivity (Wildman–Crippen MR) is 95.7 cm³/mol. The second-order valence-corrected chi connectivity index (χ2v) is 7.34. The summed E-state index contributed by atoms with van der Waals surface area (Å²) in [4.78, 5) is 16.3. The fraction of sp³-hybridized carbons (Fsp3) is 0.294. The van der Waals surface area contributed by atoms with Gasteiger partial charge in [-0.25, -0.2) is 8.42 Å². The van der Waals surface area contributed by atoms with E-state index in [0.717, 1.165) is 10.6 Å². The number of amides is 1. The van der Waals surface area contributed by atoms with Gasteiger partial charge in [0, 0.05) is 11.9 Å². The van der Waals surface area contributed by atoms with Crippen molar-refractivity contribution in [2.45, 2.75) is 13.5 Å². The van der Waals surface area contributed by atoms with Crippen LogP contribution >= 0.6 is 0 Å². The standard InChI is InChI=1S/C17H21N3O4S/c1-3-24-16-9-7-14(8-10-16)19-17(21)13-20(25(2,22)23)12-15-6-4-5-11-18-15/h4-11H,3,12-13H2,1-2H3,(H,19,21). The molecule has 0 unspecified atom stereocenters. The minimum Gasteiger partial charge on any atom is -0.494 e. The Balaban J connectivity index is 2.01. The lowest BCUT2D eigenvalue weighted by molar-refractivity contribution is -0.116. The molecule has 0 bridgehead atoms. The van der Waals surface area contributed by atoms with Gasteiger partial charge in [0.1, 0.15) is 5.75 Å². The number of ether oxygens (including phenoxy) is 1. The van der Waals surface area contributed by atoms with Crippen molar-refractivity contribution in [3.63, 3.8) is 0 Å². The monoisotopic (exact) mass is 363 g/mol. The molecule has 1 aromatic heterocycles. The van der Waals surface area contributed by atoms with Crippen LogP contribution in [0.2, 0.25) is 0 Å². The van der Waals surface area contributed by atoms with Crippen LogP contribution in [0, 0.1) is 0 Å². The number of nitrogens with zero attached hydrogens (tertiary/aromatic N) is 2. The zero-order valence-corrected chi connectivity index (χ0v) is 15.0. The largest absolute Gasteiger partial charge is 0.494 e. The van der Waals surface area contributed by atoms with Crippen LogP contribution < -0.4 is 10.1 Å². The van der Waals surface area contributed by atoms with Crippen LogP contribution in [0.1, 0.15) is 12.6 Å². The van der Waals surface area contributed by atoms with E-state index in [1.165, 1.54) is 0 Å². The summed E-state index contributed by atoms with van der Waals surface area (Å²) in [5.41, 5.74) is 1.14. The Morgan fingerprint density at radius 3 is 2.48 bits per heavy atom. The van der Waals surface area contributed by atoms with Crippen molar-refractivity contribution >= 4 is 21.6 Å². The van der Waals surface area contributed by atoms with Gasteiger partial charge in [0.05, 0.1) is 31.6 Å². The topological polar surface area (TPSA) is 88.6 Å². The highest BCUT2D eigenvalue weighted by molar-refractivity contribution is 7.88. The number of benzene rings is 1. The Morgan fingerprint density at radius 2 is 1.92 bits per heavy atom. The van der Waals surface area contributed by atoms with Gasteiger partial charge in [0.2, 0.25) is 15.9 Å². The molecule has 1 amide bonds. The fourth-order valence-electron chi connectivity index (χ4n) is 2.12. The van der Waals surface area contributed by atoms with Crippen LogP contribution in [-0.2, 0) is 21.4 Å². The number of nitrogens with one attached hydrogen (secondary N) is 1. The fourth-order valence-corrected chi connectivity index (χ4v) is 2.84. The molecule has 2 aromatic rings. The number of aromatic nitrogens is 1. The summed E-state index contributed by atoms with van der Waals surface area (Å²) in [7, 11) is -3.55. The lowest BCUT2D eigenvalue weighted by Crippen LogP contribution is -2.37. The van der Waals surface area contributed by atoms with E-state index in [4.69, 9.17) is 4.74 Å². The number of sulfonamides is 1. The molecule has 0 fully saturated rings. The first-order chi connectivity index (χ1) is 11.9. The highest BCUT2D eigenvalue weighted by Gasteiger charge is 2.21. The third kappa shape index (κ3) is 6.17. The van der Waals surface area contributed by atoms with Gasteiger partial charge >= 0.3 is 0 Å². The van der Waals surface area contributed by atoms with Crippen molar-refractivity contribution in [1.29, 1.82) is 0 Å². The van der Waals surface area contributed by atoms with Crippen LogP contribution in [0.15, 0.2) is 48.7 Å². The number of pyridine rings is 1. The number of carbonyl (C=O) groups excluding carboxylic acids is 1. The Kier molecular flexibility index (Phi) is 6.49. The molecule has 0 atom stereocenters. The predicted octanol–water partition coefficient (Wildman–Crippen LogP) is 1.88. The van der Waals surface area contributed by atoms with Crippen LogP contribution in [0.25, 0.3) is 0 Å². The number of anilines is 1. The molecule has 134 valence electrons. The lowest BCUT2D eigenvalue weighted by atomic mass is 10.3. The van der Waals surface area contributed by atoms with Crippen molar-refractivity contribution in [2.75, 3.05) is 24.7 Å². The molecule has 25 heavy (non-hydrogen) atoms. The summed E-state index contributed by atoms with van der Waals surface area (Å²) in [5, 5.41) is 2.68. The van der Waals surface area contributed by atoms with Crippen molar-refractivity contribution in [2.24, 2.45) is 0 Å². The summed E-state index contributed by atoms with van der Waals surface area (Å²) in [6.45, 7) is 2.19. The quantitative estimate of drug-likeness (QED) is 0.774. The minimum absolute atomic E-state index is 0.0381. The molecule has 1 heterocycles. The first-order valence-electron chi connectivity index (χ1n) is 7.76. The Bertz CT molecular complexity index is 792. The van der Waals surface area contributed by atoms with E-state index in [-0.39, 0.29) is 13.1 Å². The minimum atomic E-state index is -3.55. The van der Waals surface area contributed by atoms with Gasteiger partial charge in [-0.2, -0.15) is 4.31 Å². The number of hydrogen-bond donors (Lipinski definition) is 1. The molecule has 1 N–H and O–H groups in total. The van der Waals surface area contributed by atoms with Crippen molar-refractivity contribution in [3.8, 4) is 5.75 Å². The van der Waals surface area contributed by atoms with Gasteiger partial charge in [-0.05, 0) is 43.3 Å². The van der Waals surface area contributed by atoms with Crippen LogP contribution in [0.3, 0.4) is 0 Å². The summed E-state index contributed by atoms with van der Waals surface area (Å²) in [6.07, 6.45) is 2.65. The average molecular weight is 363 g/mol. The summed E-state index contributed by atoms with van der Waals surface area (Å²) >= 11 is 0. The van der Waals surface area contributed by atoms with E-state index in [1.54, 1.807) is 48.7 Å². The third-order valence-electron chi connectivity index (χ3n) is 3.30. The van der Waals surface area contributed by atoms with Gasteiger partial charge in [0.15, 0.2) is 0 Å². The maximum Gasteiger partial charge on any atom is 0.239 e. The van der Waals surface area contributed by atoms with E-state index >= 15 is 0 Å². The normalized spacial score (nSPS) is 11.3. The first kappa shape index (κ1) is 18.9. The lowest BCUT2D eigenvalue weighted by Gasteiger charge is -2.19. The van der Waals surface area contributed by atoms with Crippen molar-refractivity contribution < 1.29 is 17.9 Å². The first-order valence-corrected chi connectivity index (χ1v) is 9.61. The zero-order valence-electron chi connectivity index (χ0n) is 14.2. The van der Waals surface area contributed by atoms with E-state index in [9.17, 15) is 13.2 Å². The molecule has 0 spiro atoms. The highest BCUT2D eigenvalue weighted by Crippen LogP contribution is 2.16.